The van der Waals surface area contributed by atoms with Crippen molar-refractivity contribution in [3.8, 4) is 0 Å². The summed E-state index contributed by atoms with van der Waals surface area (Å²) in [6, 6.07) is 36.3. The highest BCUT2D eigenvalue weighted by molar-refractivity contribution is 7.71. The van der Waals surface area contributed by atoms with E-state index in [2.05, 4.69) is 129 Å². The predicted octanol–water partition coefficient (Wildman–Crippen LogP) is 6.33. The van der Waals surface area contributed by atoms with Gasteiger partial charge in [0.15, 0.2) is 0 Å². The molecule has 0 radical (unpaired) electrons. The monoisotopic (exact) mass is 422 g/mol. The average Bonchev–Trinajstić information content (AvgIpc) is 2.78. The summed E-state index contributed by atoms with van der Waals surface area (Å²) in [6.45, 7) is 6.34. The minimum absolute atomic E-state index is 0.814. The lowest BCUT2D eigenvalue weighted by Gasteiger charge is -2.22. The van der Waals surface area contributed by atoms with Crippen LogP contribution in [-0.2, 0) is 0 Å². The van der Waals surface area contributed by atoms with Crippen LogP contribution in [0.2, 0.25) is 0 Å². The molecule has 31 heavy (non-hydrogen) atoms. The second-order valence-electron chi connectivity index (χ2n) is 7.79. The van der Waals surface area contributed by atoms with Gasteiger partial charge in [0.25, 0.3) is 0 Å². The number of aryl methyl sites for hydroxylation is 3. The lowest BCUT2D eigenvalue weighted by molar-refractivity contribution is 1.33. The van der Waals surface area contributed by atoms with Crippen LogP contribution in [0.15, 0.2) is 108 Å². The van der Waals surface area contributed by atoms with Crippen LogP contribution in [0.5, 0.6) is 0 Å². The summed E-state index contributed by atoms with van der Waals surface area (Å²) in [5.41, 5.74) is 5.73. The third-order valence-corrected chi connectivity index (χ3v) is 7.08. The molecule has 2 nitrogen and oxygen atoms in total. The zero-order chi connectivity index (χ0) is 21.6. The Balaban J connectivity index is 1.81. The summed E-state index contributed by atoms with van der Waals surface area (Å²) in [5, 5.41) is 6.36. The summed E-state index contributed by atoms with van der Waals surface area (Å²) >= 11 is 0. The summed E-state index contributed by atoms with van der Waals surface area (Å²) < 4.78 is 0. The van der Waals surface area contributed by atoms with Gasteiger partial charge in [-0.1, -0.05) is 96.6 Å². The molecule has 0 amide bonds. The van der Waals surface area contributed by atoms with Gasteiger partial charge in [0.1, 0.15) is 5.84 Å². The normalized spacial score (nSPS) is 11.5. The van der Waals surface area contributed by atoms with Crippen LogP contribution < -0.4 is 15.7 Å². The fourth-order valence-corrected chi connectivity index (χ4v) is 5.44. The lowest BCUT2D eigenvalue weighted by atomic mass is 10.1. The van der Waals surface area contributed by atoms with Crippen LogP contribution in [0.3, 0.4) is 0 Å². The van der Waals surface area contributed by atoms with Gasteiger partial charge in [-0.05, 0) is 44.0 Å². The first-order chi connectivity index (χ1) is 15.1. The molecule has 0 aliphatic carbocycles. The van der Waals surface area contributed by atoms with Crippen molar-refractivity contribution in [2.24, 2.45) is 4.99 Å². The molecule has 0 aliphatic heterocycles. The molecule has 0 fully saturated rings. The summed E-state index contributed by atoms with van der Waals surface area (Å²) in [5.74, 6) is 0.892. The van der Waals surface area contributed by atoms with Gasteiger partial charge in [0.05, 0.1) is 13.8 Å². The molecule has 0 spiro atoms. The van der Waals surface area contributed by atoms with Gasteiger partial charge in [-0.2, -0.15) is 0 Å². The van der Waals surface area contributed by atoms with E-state index in [-0.39, 0.29) is 0 Å². The predicted molar refractivity (Wildman–Crippen MR) is 135 cm³/mol. The maximum atomic E-state index is 5.09. The van der Waals surface area contributed by atoms with Crippen LogP contribution in [0, 0.1) is 20.8 Å². The third kappa shape index (κ3) is 5.48. The molecule has 4 aromatic rings. The van der Waals surface area contributed by atoms with Crippen molar-refractivity contribution in [1.29, 1.82) is 0 Å². The molecule has 0 unspecified atom stereocenters. The zero-order valence-electron chi connectivity index (χ0n) is 18.2. The van der Waals surface area contributed by atoms with Crippen LogP contribution in [0.1, 0.15) is 22.3 Å². The number of amidine groups is 1. The Labute approximate surface area is 186 Å². The van der Waals surface area contributed by atoms with Gasteiger partial charge in [0, 0.05) is 16.2 Å². The van der Waals surface area contributed by atoms with Crippen molar-refractivity contribution in [2.75, 3.05) is 0 Å². The topological polar surface area (TPSA) is 24.4 Å². The SMILES string of the molecule is Cc1ccc(C(=Nc2cc(C)cc(C)c2)NP(c2ccccc2)c2ccccc2)cc1. The minimum atomic E-state index is -0.814. The molecular formula is C28H27N2P. The Kier molecular flexibility index (Phi) is 6.60. The van der Waals surface area contributed by atoms with Crippen molar-refractivity contribution in [1.82, 2.24) is 5.09 Å². The quantitative estimate of drug-likeness (QED) is 0.227. The molecule has 4 aromatic carbocycles. The molecule has 0 heterocycles. The molecule has 4 rings (SSSR count). The fraction of sp³-hybridized carbons (Fsp3) is 0.107. The number of hydrogen-bond donors (Lipinski definition) is 1. The highest BCUT2D eigenvalue weighted by Gasteiger charge is 2.17. The van der Waals surface area contributed by atoms with Crippen LogP contribution >= 0.6 is 8.07 Å². The maximum absolute atomic E-state index is 5.09. The summed E-state index contributed by atoms with van der Waals surface area (Å²) in [7, 11) is -0.814. The lowest BCUT2D eigenvalue weighted by Crippen LogP contribution is -2.29. The van der Waals surface area contributed by atoms with Gasteiger partial charge in [-0.25, -0.2) is 4.99 Å². The van der Waals surface area contributed by atoms with Gasteiger partial charge in [-0.15, -0.1) is 0 Å². The van der Waals surface area contributed by atoms with Crippen LogP contribution in [0.4, 0.5) is 5.69 Å². The Morgan fingerprint density at radius 1 is 0.613 bits per heavy atom. The second-order valence-corrected chi connectivity index (χ2v) is 9.72. The zero-order valence-corrected chi connectivity index (χ0v) is 19.1. The van der Waals surface area contributed by atoms with Crippen LogP contribution in [0.25, 0.3) is 0 Å². The van der Waals surface area contributed by atoms with Crippen molar-refractivity contribution in [2.45, 2.75) is 20.8 Å². The highest BCUT2D eigenvalue weighted by Crippen LogP contribution is 2.30. The van der Waals surface area contributed by atoms with Gasteiger partial charge >= 0.3 is 0 Å². The molecule has 0 bridgehead atoms. The van der Waals surface area contributed by atoms with E-state index >= 15 is 0 Å². The van der Waals surface area contributed by atoms with Crippen molar-refractivity contribution in [3.05, 3.63) is 125 Å². The Morgan fingerprint density at radius 2 is 1.13 bits per heavy atom. The number of nitrogens with zero attached hydrogens (tertiary/aromatic N) is 1. The molecular weight excluding hydrogens is 395 g/mol. The van der Waals surface area contributed by atoms with Gasteiger partial charge in [-0.3, -0.25) is 0 Å². The molecule has 1 N–H and O–H groups in total. The largest absolute Gasteiger partial charge is 0.341 e. The van der Waals surface area contributed by atoms with E-state index < -0.39 is 8.07 Å². The average molecular weight is 423 g/mol. The highest BCUT2D eigenvalue weighted by atomic mass is 31.1. The van der Waals surface area contributed by atoms with Crippen molar-refractivity contribution < 1.29 is 0 Å². The standard InChI is InChI=1S/C28H27N2P/c1-21-14-16-24(17-15-21)28(29-25-19-22(2)18-23(3)20-25)30-31(26-10-6-4-7-11-26)27-12-8-5-9-13-27/h4-20H,1-3H3,(H,29,30). The Bertz CT molecular complexity index is 1110. The molecule has 0 atom stereocenters. The first-order valence-electron chi connectivity index (χ1n) is 10.5. The Hall–Kier alpha value is -3.22. The first-order valence-corrected chi connectivity index (χ1v) is 11.8. The summed E-state index contributed by atoms with van der Waals surface area (Å²) in [4.78, 5) is 5.09. The molecule has 0 saturated heterocycles. The van der Waals surface area contributed by atoms with E-state index in [1.165, 1.54) is 27.3 Å². The van der Waals surface area contributed by atoms with Gasteiger partial charge < -0.3 is 5.09 Å². The third-order valence-electron chi connectivity index (χ3n) is 5.02. The van der Waals surface area contributed by atoms with E-state index in [9.17, 15) is 0 Å². The van der Waals surface area contributed by atoms with E-state index in [4.69, 9.17) is 4.99 Å². The van der Waals surface area contributed by atoms with E-state index in [1.807, 2.05) is 0 Å². The van der Waals surface area contributed by atoms with E-state index in [0.717, 1.165) is 17.1 Å². The molecule has 0 aliphatic rings. The minimum Gasteiger partial charge on any atom is -0.341 e. The van der Waals surface area contributed by atoms with Crippen molar-refractivity contribution >= 4 is 30.2 Å². The first kappa shape index (κ1) is 21.0. The molecule has 0 aromatic heterocycles. The fourth-order valence-electron chi connectivity index (χ4n) is 3.55. The molecule has 154 valence electrons. The number of hydrogen-bond acceptors (Lipinski definition) is 1. The molecule has 0 saturated carbocycles. The Morgan fingerprint density at radius 3 is 1.65 bits per heavy atom. The van der Waals surface area contributed by atoms with Crippen LogP contribution in [-0.4, -0.2) is 5.84 Å². The van der Waals surface area contributed by atoms with Crippen molar-refractivity contribution in [3.63, 3.8) is 0 Å². The van der Waals surface area contributed by atoms with Gasteiger partial charge in [0.2, 0.25) is 0 Å². The summed E-state index contributed by atoms with van der Waals surface area (Å²) in [6.07, 6.45) is 0. The number of aliphatic imine (C=N–C) groups is 1. The number of rotatable bonds is 5. The second kappa shape index (κ2) is 9.73. The smallest absolute Gasteiger partial charge is 0.137 e. The molecule has 3 heteroatoms. The number of benzene rings is 4. The number of nitrogens with one attached hydrogen (secondary N) is 1. The van der Waals surface area contributed by atoms with E-state index in [1.54, 1.807) is 0 Å². The maximum Gasteiger partial charge on any atom is 0.137 e. The van der Waals surface area contributed by atoms with E-state index in [0.29, 0.717) is 0 Å².